The smallest absolute Gasteiger partial charge is 0.242 e. The Kier molecular flexibility index (Phi) is 9.78. The average Bonchev–Trinajstić information content (AvgIpc) is 3.22. The molecule has 0 spiro atoms. The normalized spacial score (nSPS) is 10.6. The lowest BCUT2D eigenvalue weighted by Crippen LogP contribution is -2.38. The summed E-state index contributed by atoms with van der Waals surface area (Å²) in [7, 11) is 0. The zero-order chi connectivity index (χ0) is 35.3. The first-order valence-electron chi connectivity index (χ1n) is 16.8. The molecule has 0 aliphatic rings. The maximum absolute atomic E-state index is 7.49. The van der Waals surface area contributed by atoms with Gasteiger partial charge in [-0.05, 0) is 58.7 Å². The minimum absolute atomic E-state index is 0. The van der Waals surface area contributed by atoms with Crippen LogP contribution >= 0.6 is 0 Å². The van der Waals surface area contributed by atoms with Crippen LogP contribution in [0.25, 0.3) is 54.4 Å². The summed E-state index contributed by atoms with van der Waals surface area (Å²) in [5.41, 5.74) is 10.9. The van der Waals surface area contributed by atoms with Crippen molar-refractivity contribution in [1.82, 2.24) is 9.97 Å². The highest BCUT2D eigenvalue weighted by molar-refractivity contribution is 5.74. The molecule has 53 heavy (non-hydrogen) atoms. The Bertz CT molecular complexity index is 2430. The Morgan fingerprint density at radius 2 is 0.736 bits per heavy atom. The molecule has 8 rings (SSSR count). The van der Waals surface area contributed by atoms with Crippen molar-refractivity contribution in [3.8, 4) is 33.6 Å². The zero-order valence-corrected chi connectivity index (χ0v) is 28.2. The second-order valence-corrected chi connectivity index (χ2v) is 12.3. The van der Waals surface area contributed by atoms with Gasteiger partial charge < -0.3 is 0 Å². The fourth-order valence-electron chi connectivity index (χ4n) is 6.30. The van der Waals surface area contributed by atoms with Crippen LogP contribution in [-0.2, 0) is 13.1 Å². The highest BCUT2D eigenvalue weighted by atomic mass is 15.0. The van der Waals surface area contributed by atoms with Crippen LogP contribution < -0.4 is 18.3 Å². The van der Waals surface area contributed by atoms with E-state index < -0.39 is 0 Å². The Balaban J connectivity index is 0.00000435. The lowest BCUT2D eigenvalue weighted by molar-refractivity contribution is -0.694. The number of hydrogen-bond donors (Lipinski definition) is 0. The van der Waals surface area contributed by atoms with Gasteiger partial charge in [-0.25, -0.2) is 19.7 Å². The highest BCUT2D eigenvalue weighted by Gasteiger charge is 2.19. The molecule has 0 saturated heterocycles. The van der Waals surface area contributed by atoms with Gasteiger partial charge in [0.15, 0.2) is 62.7 Å². The summed E-state index contributed by atoms with van der Waals surface area (Å²) in [6, 6.07) is 40.0. The van der Waals surface area contributed by atoms with Crippen LogP contribution in [0.2, 0.25) is 0 Å². The predicted molar refractivity (Wildman–Crippen MR) is 204 cm³/mol. The minimum Gasteiger partial charge on any atom is -0.242 e. The van der Waals surface area contributed by atoms with Crippen LogP contribution in [0, 0.1) is 13.1 Å². The molecule has 8 aromatic rings. The Morgan fingerprint density at radius 3 is 1.09 bits per heavy atom. The summed E-state index contributed by atoms with van der Waals surface area (Å²) < 4.78 is 8.21. The lowest BCUT2D eigenvalue weighted by Gasteiger charge is -2.07. The predicted octanol–water partition coefficient (Wildman–Crippen LogP) is 7.93. The second kappa shape index (κ2) is 15.2. The van der Waals surface area contributed by atoms with Crippen molar-refractivity contribution in [2.24, 2.45) is 0 Å². The number of para-hydroxylation sites is 6. The maximum Gasteiger partial charge on any atom is 0.256 e. The molecule has 0 N–H and O–H groups in total. The zero-order valence-electron chi connectivity index (χ0n) is 28.2. The summed E-state index contributed by atoms with van der Waals surface area (Å²) in [6.45, 7) is 16.1. The van der Waals surface area contributed by atoms with Crippen molar-refractivity contribution >= 4 is 22.4 Å². The third kappa shape index (κ3) is 7.25. The van der Waals surface area contributed by atoms with Crippen LogP contribution in [0.15, 0.2) is 171 Å². The number of hydrogen-bond acceptors (Lipinski definition) is 2. The van der Waals surface area contributed by atoms with Gasteiger partial charge in [0.2, 0.25) is 11.4 Å². The van der Waals surface area contributed by atoms with Gasteiger partial charge >= 0.3 is 0 Å². The van der Waals surface area contributed by atoms with Gasteiger partial charge in [-0.3, -0.25) is 0 Å². The Labute approximate surface area is 309 Å². The average molecular weight is 689 g/mol. The molecule has 0 amide bonds. The van der Waals surface area contributed by atoms with E-state index in [1.54, 1.807) is 0 Å². The SMILES string of the molecule is C.[C-]#[N+]c1ccccc1-[n+]1ccc(-c2cc[n+](Cc3nc4ccccc4nc3C[n+]3ccc(-c4cc[n+](-c5ccccc5[N+]#[C-])cc4)cc3)cc2)cc1. The summed E-state index contributed by atoms with van der Waals surface area (Å²) in [5, 5.41) is 0. The van der Waals surface area contributed by atoms with Gasteiger partial charge in [0.1, 0.15) is 11.4 Å². The van der Waals surface area contributed by atoms with E-state index in [1.165, 1.54) is 0 Å². The summed E-state index contributed by atoms with van der Waals surface area (Å²) in [4.78, 5) is 17.4. The van der Waals surface area contributed by atoms with Crippen LogP contribution in [0.3, 0.4) is 0 Å². The highest BCUT2D eigenvalue weighted by Crippen LogP contribution is 2.22. The van der Waals surface area contributed by atoms with Gasteiger partial charge in [-0.15, -0.1) is 0 Å². The molecule has 252 valence electrons. The van der Waals surface area contributed by atoms with E-state index in [4.69, 9.17) is 23.1 Å². The molecule has 0 aliphatic heterocycles. The molecular formula is C45H36N8+4. The third-order valence-corrected chi connectivity index (χ3v) is 9.06. The van der Waals surface area contributed by atoms with Gasteiger partial charge in [0, 0.05) is 48.5 Å². The monoisotopic (exact) mass is 688 g/mol. The lowest BCUT2D eigenvalue weighted by atomic mass is 10.1. The molecule has 5 heterocycles. The van der Waals surface area contributed by atoms with Gasteiger partial charge in [-0.2, -0.15) is 18.3 Å². The first-order valence-corrected chi connectivity index (χ1v) is 16.8. The fraction of sp³-hybridized carbons (Fsp3) is 0.0667. The van der Waals surface area contributed by atoms with E-state index >= 15 is 0 Å². The summed E-state index contributed by atoms with van der Waals surface area (Å²) in [5.74, 6) is 0. The van der Waals surface area contributed by atoms with Crippen molar-refractivity contribution in [2.45, 2.75) is 20.5 Å². The van der Waals surface area contributed by atoms with Gasteiger partial charge in [-0.1, -0.05) is 43.8 Å². The molecule has 0 atom stereocenters. The molecule has 8 nitrogen and oxygen atoms in total. The van der Waals surface area contributed by atoms with Crippen molar-refractivity contribution < 1.29 is 18.3 Å². The molecule has 0 saturated carbocycles. The number of aromatic nitrogens is 6. The standard InChI is InChI=1S/C44H32N8.CH4/c1-45-39-11-5-7-13-43(39)51-27-19-35(20-28-51)33-15-23-49(24-16-33)31-41-42(48-38-10-4-3-9-37(38)47-41)32-50-25-17-34(18-26-50)36-21-29-52(30-22-36)44-14-8-6-12-40(44)46-2;/h3-30H,31-32H2;1H4/q+4;. The molecule has 3 aromatic carbocycles. The first kappa shape index (κ1) is 34.0. The van der Waals surface area contributed by atoms with Crippen LogP contribution in [-0.4, -0.2) is 9.97 Å². The quantitative estimate of drug-likeness (QED) is 0.120. The molecule has 0 unspecified atom stereocenters. The Morgan fingerprint density at radius 1 is 0.415 bits per heavy atom. The number of pyridine rings is 4. The molecule has 5 aromatic heterocycles. The number of benzene rings is 3. The van der Waals surface area contributed by atoms with E-state index in [0.717, 1.165) is 56.0 Å². The minimum atomic E-state index is 0. The van der Waals surface area contributed by atoms with Crippen LogP contribution in [0.1, 0.15) is 18.8 Å². The Hall–Kier alpha value is -7.42. The summed E-state index contributed by atoms with van der Waals surface area (Å²) in [6.07, 6.45) is 16.3. The molecule has 0 fully saturated rings. The molecular weight excluding hydrogens is 653 g/mol. The van der Waals surface area contributed by atoms with Crippen molar-refractivity contribution in [3.05, 3.63) is 205 Å². The third-order valence-electron chi connectivity index (χ3n) is 9.06. The van der Waals surface area contributed by atoms with Crippen LogP contribution in [0.4, 0.5) is 11.4 Å². The molecule has 0 aliphatic carbocycles. The first-order chi connectivity index (χ1) is 25.6. The van der Waals surface area contributed by atoms with Crippen LogP contribution in [0.5, 0.6) is 0 Å². The summed E-state index contributed by atoms with van der Waals surface area (Å²) >= 11 is 0. The van der Waals surface area contributed by atoms with Gasteiger partial charge in [0.05, 0.1) is 24.2 Å². The molecule has 0 bridgehead atoms. The van der Waals surface area contributed by atoms with Crippen molar-refractivity contribution in [2.75, 3.05) is 0 Å². The second-order valence-electron chi connectivity index (χ2n) is 12.3. The maximum atomic E-state index is 7.49. The molecule has 0 radical (unpaired) electrons. The van der Waals surface area contributed by atoms with E-state index in [2.05, 4.69) is 92.1 Å². The number of nitrogens with zero attached hydrogens (tertiary/aromatic N) is 8. The number of rotatable bonds is 8. The van der Waals surface area contributed by atoms with Gasteiger partial charge in [0.25, 0.3) is 11.4 Å². The van der Waals surface area contributed by atoms with E-state index in [1.807, 2.05) is 107 Å². The topological polar surface area (TPSA) is 50.0 Å². The fourth-order valence-corrected chi connectivity index (χ4v) is 6.30. The van der Waals surface area contributed by atoms with E-state index in [9.17, 15) is 0 Å². The largest absolute Gasteiger partial charge is 0.256 e. The van der Waals surface area contributed by atoms with E-state index in [-0.39, 0.29) is 7.43 Å². The van der Waals surface area contributed by atoms with Crippen molar-refractivity contribution in [1.29, 1.82) is 0 Å². The molecule has 8 heteroatoms. The van der Waals surface area contributed by atoms with Crippen molar-refractivity contribution in [3.63, 3.8) is 0 Å². The number of fused-ring (bicyclic) bond motifs is 1. The van der Waals surface area contributed by atoms with E-state index in [0.29, 0.717) is 24.5 Å².